The van der Waals surface area contributed by atoms with Crippen LogP contribution >= 0.6 is 0 Å². The molecule has 14 heavy (non-hydrogen) atoms. The fourth-order valence-electron chi connectivity index (χ4n) is 1.03. The predicted octanol–water partition coefficient (Wildman–Crippen LogP) is 2.48. The summed E-state index contributed by atoms with van der Waals surface area (Å²) >= 11 is 0. The highest BCUT2D eigenvalue weighted by Gasteiger charge is 2.02. The molecule has 0 aliphatic rings. The van der Waals surface area contributed by atoms with E-state index in [1.54, 1.807) is 31.4 Å². The molecule has 2 nitrogen and oxygen atoms in total. The molecule has 0 fully saturated rings. The average molecular weight is 202 g/mol. The zero-order valence-electron chi connectivity index (χ0n) is 7.87. The molecule has 0 aliphatic heterocycles. The van der Waals surface area contributed by atoms with Gasteiger partial charge in [0.15, 0.2) is 0 Å². The van der Waals surface area contributed by atoms with E-state index in [9.17, 15) is 8.78 Å². The number of alkyl halides is 2. The van der Waals surface area contributed by atoms with Crippen molar-refractivity contribution in [1.29, 1.82) is 0 Å². The van der Waals surface area contributed by atoms with Crippen LogP contribution in [0.4, 0.5) is 8.78 Å². The number of halogens is 2. The highest BCUT2D eigenvalue weighted by Crippen LogP contribution is 2.13. The van der Waals surface area contributed by atoms with Gasteiger partial charge in [-0.2, -0.15) is 0 Å². The molecule has 1 aromatic carbocycles. The van der Waals surface area contributed by atoms with Crippen LogP contribution in [0.25, 0.3) is 0 Å². The Morgan fingerprint density at radius 3 is 2.79 bits per heavy atom. The summed E-state index contributed by atoms with van der Waals surface area (Å²) in [5, 5.41) is 0. The molecule has 0 bridgehead atoms. The van der Waals surface area contributed by atoms with Gasteiger partial charge >= 0.3 is 0 Å². The van der Waals surface area contributed by atoms with Crippen molar-refractivity contribution in [2.45, 2.75) is 13.0 Å². The summed E-state index contributed by atoms with van der Waals surface area (Å²) in [6.07, 6.45) is -2.42. The van der Waals surface area contributed by atoms with Crippen LogP contribution in [-0.2, 0) is 11.3 Å². The average Bonchev–Trinajstić information content (AvgIpc) is 2.18. The molecular weight excluding hydrogens is 190 g/mol. The third-order valence-corrected chi connectivity index (χ3v) is 1.65. The number of hydrogen-bond donors (Lipinski definition) is 0. The maximum absolute atomic E-state index is 11.7. The third kappa shape index (κ3) is 3.70. The lowest BCUT2D eigenvalue weighted by atomic mass is 10.2. The van der Waals surface area contributed by atoms with Crippen LogP contribution < -0.4 is 4.74 Å². The lowest BCUT2D eigenvalue weighted by Gasteiger charge is -2.05. The van der Waals surface area contributed by atoms with Gasteiger partial charge in [0.05, 0.1) is 13.7 Å². The number of ether oxygens (including phenoxy) is 2. The second-order valence-electron chi connectivity index (χ2n) is 2.76. The summed E-state index contributed by atoms with van der Waals surface area (Å²) in [4.78, 5) is 0. The van der Waals surface area contributed by atoms with E-state index in [1.165, 1.54) is 0 Å². The molecule has 0 aromatic heterocycles. The van der Waals surface area contributed by atoms with E-state index in [1.807, 2.05) is 0 Å². The third-order valence-electron chi connectivity index (χ3n) is 1.65. The summed E-state index contributed by atoms with van der Waals surface area (Å²) in [5.74, 6) is 0.697. The molecule has 1 rings (SSSR count). The van der Waals surface area contributed by atoms with Gasteiger partial charge in [0.1, 0.15) is 12.4 Å². The molecule has 0 unspecified atom stereocenters. The highest BCUT2D eigenvalue weighted by atomic mass is 19.3. The molecule has 0 saturated heterocycles. The lowest BCUT2D eigenvalue weighted by Crippen LogP contribution is -2.04. The Bertz CT molecular complexity index is 277. The molecule has 0 atom stereocenters. The van der Waals surface area contributed by atoms with Crippen molar-refractivity contribution >= 4 is 0 Å². The second-order valence-corrected chi connectivity index (χ2v) is 2.76. The number of methoxy groups -OCH3 is 1. The van der Waals surface area contributed by atoms with Crippen molar-refractivity contribution in [2.24, 2.45) is 0 Å². The summed E-state index contributed by atoms with van der Waals surface area (Å²) in [5.41, 5.74) is 0.824. The maximum atomic E-state index is 11.7. The van der Waals surface area contributed by atoms with Gasteiger partial charge in [-0.3, -0.25) is 0 Å². The molecule has 0 N–H and O–H groups in total. The molecule has 0 aliphatic carbocycles. The van der Waals surface area contributed by atoms with E-state index in [2.05, 4.69) is 0 Å². The van der Waals surface area contributed by atoms with Crippen molar-refractivity contribution < 1.29 is 18.3 Å². The first-order valence-electron chi connectivity index (χ1n) is 4.21. The monoisotopic (exact) mass is 202 g/mol. The summed E-state index contributed by atoms with van der Waals surface area (Å²) < 4.78 is 33.2. The van der Waals surface area contributed by atoms with Crippen LogP contribution in [0.2, 0.25) is 0 Å². The zero-order valence-corrected chi connectivity index (χ0v) is 7.87. The summed E-state index contributed by atoms with van der Waals surface area (Å²) in [7, 11) is 1.55. The molecule has 0 heterocycles. The van der Waals surface area contributed by atoms with E-state index in [-0.39, 0.29) is 6.61 Å². The molecular formula is C10H12F2O2. The van der Waals surface area contributed by atoms with Gasteiger partial charge in [-0.25, -0.2) is 8.78 Å². The Morgan fingerprint density at radius 1 is 1.36 bits per heavy atom. The van der Waals surface area contributed by atoms with E-state index >= 15 is 0 Å². The van der Waals surface area contributed by atoms with Gasteiger partial charge < -0.3 is 9.47 Å². The lowest BCUT2D eigenvalue weighted by molar-refractivity contribution is 0.00984. The minimum absolute atomic E-state index is 0.182. The van der Waals surface area contributed by atoms with Crippen LogP contribution in [-0.4, -0.2) is 20.1 Å². The first kappa shape index (κ1) is 10.9. The van der Waals surface area contributed by atoms with Gasteiger partial charge in [0.25, 0.3) is 6.43 Å². The molecule has 78 valence electrons. The molecule has 0 spiro atoms. The number of rotatable bonds is 5. The first-order chi connectivity index (χ1) is 6.72. The van der Waals surface area contributed by atoms with E-state index in [0.29, 0.717) is 5.75 Å². The topological polar surface area (TPSA) is 18.5 Å². The van der Waals surface area contributed by atoms with Crippen LogP contribution in [0.1, 0.15) is 5.56 Å². The van der Waals surface area contributed by atoms with Gasteiger partial charge in [-0.15, -0.1) is 0 Å². The maximum Gasteiger partial charge on any atom is 0.261 e. The Hall–Kier alpha value is -1.16. The molecule has 1 aromatic rings. The van der Waals surface area contributed by atoms with Crippen molar-refractivity contribution in [1.82, 2.24) is 0 Å². The standard InChI is InChI=1S/C10H12F2O2/c1-13-9-4-2-3-8(5-9)6-14-7-10(11)12/h2-5,10H,6-7H2,1H3. The first-order valence-corrected chi connectivity index (χ1v) is 4.21. The summed E-state index contributed by atoms with van der Waals surface area (Å²) in [6.45, 7) is -0.348. The van der Waals surface area contributed by atoms with Gasteiger partial charge in [-0.05, 0) is 17.7 Å². The van der Waals surface area contributed by atoms with Crippen LogP contribution in [0.3, 0.4) is 0 Å². The van der Waals surface area contributed by atoms with Crippen LogP contribution in [0.15, 0.2) is 24.3 Å². The fraction of sp³-hybridized carbons (Fsp3) is 0.400. The minimum Gasteiger partial charge on any atom is -0.497 e. The normalized spacial score (nSPS) is 10.6. The quantitative estimate of drug-likeness (QED) is 0.730. The molecule has 0 amide bonds. The van der Waals surface area contributed by atoms with Crippen LogP contribution in [0.5, 0.6) is 5.75 Å². The van der Waals surface area contributed by atoms with Crippen molar-refractivity contribution in [3.05, 3.63) is 29.8 Å². The largest absolute Gasteiger partial charge is 0.497 e. The second kappa shape index (κ2) is 5.54. The molecule has 0 saturated carbocycles. The molecule has 0 radical (unpaired) electrons. The number of benzene rings is 1. The minimum atomic E-state index is -2.42. The van der Waals surface area contributed by atoms with Crippen molar-refractivity contribution in [3.8, 4) is 5.75 Å². The highest BCUT2D eigenvalue weighted by molar-refractivity contribution is 5.27. The van der Waals surface area contributed by atoms with Gasteiger partial charge in [-0.1, -0.05) is 12.1 Å². The van der Waals surface area contributed by atoms with Gasteiger partial charge in [0.2, 0.25) is 0 Å². The predicted molar refractivity (Wildman–Crippen MR) is 48.7 cm³/mol. The van der Waals surface area contributed by atoms with Crippen LogP contribution in [0, 0.1) is 0 Å². The van der Waals surface area contributed by atoms with E-state index in [4.69, 9.17) is 9.47 Å². The SMILES string of the molecule is COc1cccc(COCC(F)F)c1. The Morgan fingerprint density at radius 2 is 2.14 bits per heavy atom. The number of hydrogen-bond acceptors (Lipinski definition) is 2. The Labute approximate surface area is 81.4 Å². The van der Waals surface area contributed by atoms with E-state index < -0.39 is 13.0 Å². The molecule has 4 heteroatoms. The Kier molecular flexibility index (Phi) is 4.32. The Balaban J connectivity index is 2.42. The smallest absolute Gasteiger partial charge is 0.261 e. The van der Waals surface area contributed by atoms with Gasteiger partial charge in [0, 0.05) is 0 Å². The van der Waals surface area contributed by atoms with E-state index in [0.717, 1.165) is 5.56 Å². The van der Waals surface area contributed by atoms with Crippen molar-refractivity contribution in [2.75, 3.05) is 13.7 Å². The fourth-order valence-corrected chi connectivity index (χ4v) is 1.03. The summed E-state index contributed by atoms with van der Waals surface area (Å²) in [6, 6.07) is 7.13. The van der Waals surface area contributed by atoms with Crippen molar-refractivity contribution in [3.63, 3.8) is 0 Å². The zero-order chi connectivity index (χ0) is 10.4.